The van der Waals surface area contributed by atoms with E-state index in [-0.39, 0.29) is 11.7 Å². The van der Waals surface area contributed by atoms with Gasteiger partial charge in [-0.15, -0.1) is 0 Å². The van der Waals surface area contributed by atoms with Crippen molar-refractivity contribution < 1.29 is 9.21 Å². The van der Waals surface area contributed by atoms with Crippen molar-refractivity contribution in [2.75, 3.05) is 19.6 Å². The number of amides is 1. The monoisotopic (exact) mass is 338 g/mol. The minimum atomic E-state index is -0.215. The molecule has 2 aromatic rings. The molecule has 130 valence electrons. The van der Waals surface area contributed by atoms with Crippen LogP contribution in [0.15, 0.2) is 41.3 Å². The van der Waals surface area contributed by atoms with Crippen LogP contribution in [0.2, 0.25) is 0 Å². The van der Waals surface area contributed by atoms with Crippen molar-refractivity contribution >= 4 is 5.91 Å². The molecule has 2 heterocycles. The lowest BCUT2D eigenvalue weighted by Gasteiger charge is -2.33. The van der Waals surface area contributed by atoms with E-state index in [0.717, 1.165) is 43.6 Å². The lowest BCUT2D eigenvalue weighted by atomic mass is 9.94. The van der Waals surface area contributed by atoms with Gasteiger partial charge in [-0.25, -0.2) is 4.98 Å². The Labute approximate surface area is 147 Å². The molecule has 1 amide bonds. The van der Waals surface area contributed by atoms with Crippen LogP contribution in [-0.4, -0.2) is 35.4 Å². The molecular formula is C19H22N4O2. The molecule has 1 atom stereocenters. The molecule has 0 radical (unpaired) electrons. The van der Waals surface area contributed by atoms with Gasteiger partial charge in [-0.2, -0.15) is 5.26 Å². The van der Waals surface area contributed by atoms with E-state index >= 15 is 0 Å². The van der Waals surface area contributed by atoms with Gasteiger partial charge in [-0.05, 0) is 43.4 Å². The van der Waals surface area contributed by atoms with Gasteiger partial charge < -0.3 is 9.73 Å². The van der Waals surface area contributed by atoms with Gasteiger partial charge in [0.05, 0.1) is 17.8 Å². The van der Waals surface area contributed by atoms with Gasteiger partial charge >= 0.3 is 0 Å². The second-order valence-electron chi connectivity index (χ2n) is 6.42. The summed E-state index contributed by atoms with van der Waals surface area (Å²) in [5, 5.41) is 12.1. The minimum absolute atomic E-state index is 0.215. The second kappa shape index (κ2) is 8.45. The first-order valence-corrected chi connectivity index (χ1v) is 8.63. The zero-order chi connectivity index (χ0) is 17.5. The maximum absolute atomic E-state index is 11.8. The molecule has 6 heteroatoms. The summed E-state index contributed by atoms with van der Waals surface area (Å²) in [5.41, 5.74) is 1.84. The van der Waals surface area contributed by atoms with E-state index < -0.39 is 0 Å². The van der Waals surface area contributed by atoms with Gasteiger partial charge in [0.2, 0.25) is 5.76 Å². The van der Waals surface area contributed by atoms with E-state index in [2.05, 4.69) is 21.3 Å². The number of likely N-dealkylation sites (tertiary alicyclic amines) is 1. The average Bonchev–Trinajstić information content (AvgIpc) is 3.17. The summed E-state index contributed by atoms with van der Waals surface area (Å²) in [5.74, 6) is 0.588. The van der Waals surface area contributed by atoms with E-state index in [1.807, 2.05) is 24.3 Å². The number of aromatic nitrogens is 1. The van der Waals surface area contributed by atoms with Crippen molar-refractivity contribution in [2.24, 2.45) is 5.92 Å². The fraction of sp³-hybridized carbons (Fsp3) is 0.421. The largest absolute Gasteiger partial charge is 0.438 e. The number of rotatable bonds is 6. The van der Waals surface area contributed by atoms with Crippen LogP contribution >= 0.6 is 0 Å². The number of benzene rings is 1. The molecule has 1 aromatic heterocycles. The molecule has 1 saturated heterocycles. The maximum atomic E-state index is 11.8. The van der Waals surface area contributed by atoms with E-state index in [4.69, 9.17) is 4.42 Å². The molecule has 0 unspecified atom stereocenters. The van der Waals surface area contributed by atoms with Crippen molar-refractivity contribution in [1.29, 1.82) is 5.26 Å². The number of hydrogen-bond acceptors (Lipinski definition) is 5. The van der Waals surface area contributed by atoms with Gasteiger partial charge in [0.25, 0.3) is 5.91 Å². The molecule has 1 N–H and O–H groups in total. The van der Waals surface area contributed by atoms with E-state index in [1.54, 1.807) is 0 Å². The molecule has 1 fully saturated rings. The zero-order valence-electron chi connectivity index (χ0n) is 14.1. The van der Waals surface area contributed by atoms with Crippen LogP contribution in [0.5, 0.6) is 0 Å². The lowest BCUT2D eigenvalue weighted by molar-refractivity contribution is 0.0918. The summed E-state index contributed by atoms with van der Waals surface area (Å²) >= 11 is 0. The predicted octanol–water partition coefficient (Wildman–Crippen LogP) is 2.58. The molecule has 25 heavy (non-hydrogen) atoms. The Kier molecular flexibility index (Phi) is 5.81. The van der Waals surface area contributed by atoms with Crippen LogP contribution in [0.4, 0.5) is 0 Å². The highest BCUT2D eigenvalue weighted by Crippen LogP contribution is 2.22. The molecule has 1 aromatic carbocycles. The molecule has 0 spiro atoms. The fourth-order valence-electron chi connectivity index (χ4n) is 3.34. The number of oxazole rings is 1. The first-order valence-electron chi connectivity index (χ1n) is 8.63. The summed E-state index contributed by atoms with van der Waals surface area (Å²) in [6, 6.07) is 10.1. The first-order chi connectivity index (χ1) is 12.3. The Balaban J connectivity index is 1.46. The van der Waals surface area contributed by atoms with Crippen molar-refractivity contribution in [1.82, 2.24) is 15.2 Å². The molecule has 0 aliphatic carbocycles. The molecule has 0 bridgehead atoms. The number of nitriles is 1. The Morgan fingerprint density at radius 2 is 2.32 bits per heavy atom. The highest BCUT2D eigenvalue weighted by Gasteiger charge is 2.21. The van der Waals surface area contributed by atoms with Crippen LogP contribution in [0.25, 0.3) is 0 Å². The molecule has 1 aliphatic heterocycles. The van der Waals surface area contributed by atoms with Gasteiger partial charge in [0.1, 0.15) is 0 Å². The van der Waals surface area contributed by atoms with Crippen LogP contribution < -0.4 is 5.32 Å². The number of nitrogens with zero attached hydrogens (tertiary/aromatic N) is 3. The van der Waals surface area contributed by atoms with Gasteiger partial charge in [-0.1, -0.05) is 18.2 Å². The van der Waals surface area contributed by atoms with E-state index in [1.165, 1.54) is 19.0 Å². The fourth-order valence-corrected chi connectivity index (χ4v) is 3.34. The van der Waals surface area contributed by atoms with Crippen molar-refractivity contribution in [3.05, 3.63) is 53.7 Å². The van der Waals surface area contributed by atoms with Crippen LogP contribution in [0, 0.1) is 17.2 Å². The highest BCUT2D eigenvalue weighted by molar-refractivity contribution is 5.90. The van der Waals surface area contributed by atoms with Crippen molar-refractivity contribution in [3.8, 4) is 6.07 Å². The number of hydrogen-bond donors (Lipinski definition) is 1. The normalized spacial score (nSPS) is 17.8. The van der Waals surface area contributed by atoms with Crippen molar-refractivity contribution in [3.63, 3.8) is 0 Å². The quantitative estimate of drug-likeness (QED) is 0.875. The van der Waals surface area contributed by atoms with E-state index in [9.17, 15) is 10.1 Å². The molecule has 3 rings (SSSR count). The summed E-state index contributed by atoms with van der Waals surface area (Å²) in [6.07, 6.45) is 5.94. The third kappa shape index (κ3) is 4.68. The highest BCUT2D eigenvalue weighted by atomic mass is 16.3. The topological polar surface area (TPSA) is 82.2 Å². The minimum Gasteiger partial charge on any atom is -0.438 e. The smallest absolute Gasteiger partial charge is 0.288 e. The standard InChI is InChI=1S/C19H22N4O2/c20-10-16-5-1-2-6-17(16)13-23-9-3-4-15(12-23)7-8-22-19(24)18-11-21-14-25-18/h1-2,5-6,11,14-15H,3-4,7-9,12-13H2,(H,22,24)/t15-/m0/s1. The van der Waals surface area contributed by atoms with Crippen LogP contribution in [0.3, 0.4) is 0 Å². The summed E-state index contributed by atoms with van der Waals surface area (Å²) < 4.78 is 4.99. The number of piperidine rings is 1. The summed E-state index contributed by atoms with van der Waals surface area (Å²) in [7, 11) is 0. The Hall–Kier alpha value is -2.65. The van der Waals surface area contributed by atoms with Gasteiger partial charge in [0, 0.05) is 19.6 Å². The summed E-state index contributed by atoms with van der Waals surface area (Å²) in [4.78, 5) is 18.0. The molecule has 0 saturated carbocycles. The predicted molar refractivity (Wildman–Crippen MR) is 92.6 cm³/mol. The number of carbonyl (C=O) groups is 1. The van der Waals surface area contributed by atoms with Crippen LogP contribution in [-0.2, 0) is 6.54 Å². The second-order valence-corrected chi connectivity index (χ2v) is 6.42. The zero-order valence-corrected chi connectivity index (χ0v) is 14.1. The Bertz CT molecular complexity index is 736. The Morgan fingerprint density at radius 3 is 3.12 bits per heavy atom. The molecular weight excluding hydrogens is 316 g/mol. The van der Waals surface area contributed by atoms with Gasteiger partial charge in [-0.3, -0.25) is 9.69 Å². The number of nitrogens with one attached hydrogen (secondary N) is 1. The lowest BCUT2D eigenvalue weighted by Crippen LogP contribution is -2.36. The molecule has 6 nitrogen and oxygen atoms in total. The van der Waals surface area contributed by atoms with Crippen molar-refractivity contribution in [2.45, 2.75) is 25.8 Å². The maximum Gasteiger partial charge on any atom is 0.288 e. The third-order valence-electron chi connectivity index (χ3n) is 4.63. The van der Waals surface area contributed by atoms with Gasteiger partial charge in [0.15, 0.2) is 6.39 Å². The molecule has 1 aliphatic rings. The number of carbonyl (C=O) groups excluding carboxylic acids is 1. The SMILES string of the molecule is N#Cc1ccccc1CN1CCC[C@@H](CCNC(=O)c2cnco2)C1. The Morgan fingerprint density at radius 1 is 1.44 bits per heavy atom. The first kappa shape index (κ1) is 17.2. The van der Waals surface area contributed by atoms with Crippen LogP contribution in [0.1, 0.15) is 40.9 Å². The summed E-state index contributed by atoms with van der Waals surface area (Å²) in [6.45, 7) is 3.50. The van der Waals surface area contributed by atoms with E-state index in [0.29, 0.717) is 12.5 Å². The third-order valence-corrected chi connectivity index (χ3v) is 4.63. The average molecular weight is 338 g/mol.